The van der Waals surface area contributed by atoms with Crippen LogP contribution in [-0.2, 0) is 7.05 Å². The summed E-state index contributed by atoms with van der Waals surface area (Å²) in [4.78, 5) is 7.90. The Kier molecular flexibility index (Phi) is 3.38. The number of imidazole rings is 1. The number of hydrogen-bond donors (Lipinski definition) is 2. The fraction of sp³-hybridized carbons (Fsp3) is 0.118. The van der Waals surface area contributed by atoms with Crippen LogP contribution in [0.2, 0.25) is 0 Å². The molecule has 114 valence electrons. The van der Waals surface area contributed by atoms with Crippen LogP contribution in [0.15, 0.2) is 54.6 Å². The first kappa shape index (κ1) is 14.0. The summed E-state index contributed by atoms with van der Waals surface area (Å²) in [5, 5.41) is 8.36. The van der Waals surface area contributed by atoms with Gasteiger partial charge in [-0.25, -0.2) is 4.98 Å². The number of thiol groups is 1. The minimum Gasteiger partial charge on any atom is -0.341 e. The van der Waals surface area contributed by atoms with Gasteiger partial charge in [-0.2, -0.15) is 12.6 Å². The lowest BCUT2D eigenvalue weighted by Crippen LogP contribution is -2.05. The van der Waals surface area contributed by atoms with E-state index in [1.807, 2.05) is 66.2 Å². The summed E-state index contributed by atoms with van der Waals surface area (Å²) < 4.78 is 1.96. The highest BCUT2D eigenvalue weighted by Gasteiger charge is 2.21. The largest absolute Gasteiger partial charge is 0.341 e. The maximum Gasteiger partial charge on any atom is 0.163 e. The van der Waals surface area contributed by atoms with Gasteiger partial charge in [0.25, 0.3) is 0 Å². The second-order valence-electron chi connectivity index (χ2n) is 5.35. The fourth-order valence-corrected chi connectivity index (χ4v) is 2.99. The van der Waals surface area contributed by atoms with E-state index in [4.69, 9.17) is 12.6 Å². The van der Waals surface area contributed by atoms with Crippen LogP contribution >= 0.6 is 12.6 Å². The molecule has 4 aromatic rings. The zero-order valence-corrected chi connectivity index (χ0v) is 13.4. The number of benzene rings is 2. The molecule has 23 heavy (non-hydrogen) atoms. The Morgan fingerprint density at radius 3 is 2.52 bits per heavy atom. The highest BCUT2D eigenvalue weighted by Crippen LogP contribution is 2.28. The van der Waals surface area contributed by atoms with Crippen LogP contribution in [0.4, 0.5) is 0 Å². The summed E-state index contributed by atoms with van der Waals surface area (Å²) in [6.07, 6.45) is 0. The van der Waals surface area contributed by atoms with E-state index < -0.39 is 0 Å². The maximum absolute atomic E-state index is 4.70. The molecular weight excluding hydrogens is 306 g/mol. The SMILES string of the molecule is Cn1c(-c2ccccc2)nnc1C(S)c1nc2ccccc2[nH]1. The molecule has 0 radical (unpaired) electrons. The second-order valence-corrected chi connectivity index (χ2v) is 5.86. The molecule has 1 unspecified atom stereocenters. The van der Waals surface area contributed by atoms with Gasteiger partial charge in [-0.1, -0.05) is 42.5 Å². The van der Waals surface area contributed by atoms with Gasteiger partial charge in [-0.15, -0.1) is 10.2 Å². The van der Waals surface area contributed by atoms with Gasteiger partial charge in [-0.3, -0.25) is 0 Å². The average Bonchev–Trinajstić information content (AvgIpc) is 3.18. The molecular formula is C17H15N5S. The third-order valence-corrected chi connectivity index (χ3v) is 4.33. The van der Waals surface area contributed by atoms with Crippen molar-refractivity contribution in [3.63, 3.8) is 0 Å². The molecule has 1 atom stereocenters. The third kappa shape index (κ3) is 2.41. The molecule has 0 fully saturated rings. The Labute approximate surface area is 138 Å². The highest BCUT2D eigenvalue weighted by molar-refractivity contribution is 7.80. The van der Waals surface area contributed by atoms with Crippen molar-refractivity contribution in [2.75, 3.05) is 0 Å². The van der Waals surface area contributed by atoms with Crippen LogP contribution in [0.25, 0.3) is 22.4 Å². The van der Waals surface area contributed by atoms with Crippen molar-refractivity contribution >= 4 is 23.7 Å². The fourth-order valence-electron chi connectivity index (χ4n) is 2.64. The Morgan fingerprint density at radius 2 is 1.74 bits per heavy atom. The summed E-state index contributed by atoms with van der Waals surface area (Å²) in [5.41, 5.74) is 2.94. The van der Waals surface area contributed by atoms with E-state index in [1.165, 1.54) is 0 Å². The number of aromatic nitrogens is 5. The van der Waals surface area contributed by atoms with Crippen LogP contribution in [0.3, 0.4) is 0 Å². The van der Waals surface area contributed by atoms with E-state index in [2.05, 4.69) is 20.2 Å². The molecule has 0 amide bonds. The number of fused-ring (bicyclic) bond motifs is 1. The first-order chi connectivity index (χ1) is 11.2. The van der Waals surface area contributed by atoms with Crippen molar-refractivity contribution in [2.24, 2.45) is 7.05 Å². The minimum atomic E-state index is -0.266. The predicted molar refractivity (Wildman–Crippen MR) is 93.4 cm³/mol. The Morgan fingerprint density at radius 1 is 1.00 bits per heavy atom. The summed E-state index contributed by atoms with van der Waals surface area (Å²) >= 11 is 4.70. The number of nitrogens with zero attached hydrogens (tertiary/aromatic N) is 4. The number of rotatable bonds is 3. The molecule has 2 heterocycles. The standard InChI is InChI=1S/C17H15N5S/c1-22-16(11-7-3-2-4-8-11)20-21-17(22)14(23)15-18-12-9-5-6-10-13(12)19-15/h2-10,14,23H,1H3,(H,18,19). The second kappa shape index (κ2) is 5.55. The van der Waals surface area contributed by atoms with Crippen LogP contribution in [-0.4, -0.2) is 24.7 Å². The molecule has 4 rings (SSSR count). The quantitative estimate of drug-likeness (QED) is 0.569. The molecule has 0 spiro atoms. The minimum absolute atomic E-state index is 0.266. The molecule has 6 heteroatoms. The van der Waals surface area contributed by atoms with Gasteiger partial charge in [0.15, 0.2) is 11.6 Å². The lowest BCUT2D eigenvalue weighted by atomic mass is 10.2. The molecule has 2 aromatic heterocycles. The predicted octanol–water partition coefficient (Wildman–Crippen LogP) is 3.38. The number of aromatic amines is 1. The van der Waals surface area contributed by atoms with Gasteiger partial charge in [-0.05, 0) is 12.1 Å². The topological polar surface area (TPSA) is 59.4 Å². The zero-order chi connectivity index (χ0) is 15.8. The number of nitrogens with one attached hydrogen (secondary N) is 1. The first-order valence-corrected chi connectivity index (χ1v) is 7.83. The lowest BCUT2D eigenvalue weighted by molar-refractivity contribution is 0.800. The zero-order valence-electron chi connectivity index (χ0n) is 12.5. The van der Waals surface area contributed by atoms with Crippen LogP contribution < -0.4 is 0 Å². The van der Waals surface area contributed by atoms with Gasteiger partial charge in [0, 0.05) is 12.6 Å². The van der Waals surface area contributed by atoms with Crippen LogP contribution in [0.5, 0.6) is 0 Å². The summed E-state index contributed by atoms with van der Waals surface area (Å²) in [7, 11) is 1.95. The maximum atomic E-state index is 4.70. The van der Waals surface area contributed by atoms with E-state index in [1.54, 1.807) is 0 Å². The highest BCUT2D eigenvalue weighted by atomic mass is 32.1. The van der Waals surface area contributed by atoms with Crippen molar-refractivity contribution in [1.29, 1.82) is 0 Å². The Balaban J connectivity index is 1.74. The van der Waals surface area contributed by atoms with E-state index >= 15 is 0 Å². The number of para-hydroxylation sites is 2. The molecule has 0 aliphatic rings. The van der Waals surface area contributed by atoms with Crippen molar-refractivity contribution in [2.45, 2.75) is 5.25 Å². The van der Waals surface area contributed by atoms with E-state index in [9.17, 15) is 0 Å². The van der Waals surface area contributed by atoms with Gasteiger partial charge in [0.2, 0.25) is 0 Å². The van der Waals surface area contributed by atoms with Crippen LogP contribution in [0, 0.1) is 0 Å². The summed E-state index contributed by atoms with van der Waals surface area (Å²) in [5.74, 6) is 2.34. The molecule has 0 saturated carbocycles. The van der Waals surface area contributed by atoms with Gasteiger partial charge < -0.3 is 9.55 Å². The molecule has 0 aliphatic carbocycles. The van der Waals surface area contributed by atoms with Crippen molar-refractivity contribution < 1.29 is 0 Å². The number of H-pyrrole nitrogens is 1. The van der Waals surface area contributed by atoms with Crippen molar-refractivity contribution in [1.82, 2.24) is 24.7 Å². The Bertz CT molecular complexity index is 924. The molecule has 2 aromatic carbocycles. The molecule has 0 bridgehead atoms. The Hall–Kier alpha value is -2.60. The van der Waals surface area contributed by atoms with Crippen molar-refractivity contribution in [3.8, 4) is 11.4 Å². The third-order valence-electron chi connectivity index (χ3n) is 3.85. The first-order valence-electron chi connectivity index (χ1n) is 7.31. The van der Waals surface area contributed by atoms with E-state index in [-0.39, 0.29) is 5.25 Å². The van der Waals surface area contributed by atoms with Crippen LogP contribution in [0.1, 0.15) is 16.9 Å². The molecule has 0 aliphatic heterocycles. The molecule has 0 saturated heterocycles. The van der Waals surface area contributed by atoms with Gasteiger partial charge in [0.05, 0.1) is 11.0 Å². The normalized spacial score (nSPS) is 12.6. The van der Waals surface area contributed by atoms with Crippen molar-refractivity contribution in [3.05, 3.63) is 66.2 Å². The van der Waals surface area contributed by atoms with Gasteiger partial charge >= 0.3 is 0 Å². The monoisotopic (exact) mass is 321 g/mol. The summed E-state index contributed by atoms with van der Waals surface area (Å²) in [6, 6.07) is 17.9. The number of hydrogen-bond acceptors (Lipinski definition) is 4. The summed E-state index contributed by atoms with van der Waals surface area (Å²) in [6.45, 7) is 0. The smallest absolute Gasteiger partial charge is 0.163 e. The lowest BCUT2D eigenvalue weighted by Gasteiger charge is -2.08. The van der Waals surface area contributed by atoms with Gasteiger partial charge in [0.1, 0.15) is 11.1 Å². The van der Waals surface area contributed by atoms with E-state index in [0.29, 0.717) is 0 Å². The van der Waals surface area contributed by atoms with E-state index in [0.717, 1.165) is 34.1 Å². The molecule has 1 N–H and O–H groups in total. The average molecular weight is 321 g/mol. The molecule has 5 nitrogen and oxygen atoms in total.